The summed E-state index contributed by atoms with van der Waals surface area (Å²) in [5.41, 5.74) is 1.33. The maximum atomic E-state index is 3.49. The zero-order valence-corrected chi connectivity index (χ0v) is 10.9. The third kappa shape index (κ3) is 2.08. The van der Waals surface area contributed by atoms with Gasteiger partial charge in [-0.25, -0.2) is 0 Å². The van der Waals surface area contributed by atoms with Crippen LogP contribution < -0.4 is 5.32 Å². The van der Waals surface area contributed by atoms with E-state index >= 15 is 0 Å². The van der Waals surface area contributed by atoms with Crippen LogP contribution in [0.3, 0.4) is 0 Å². The Kier molecular flexibility index (Phi) is 3.38. The van der Waals surface area contributed by atoms with Gasteiger partial charge in [-0.15, -0.1) is 22.7 Å². The lowest BCUT2D eigenvalue weighted by molar-refractivity contribution is 0.706. The molecule has 0 radical (unpaired) electrons. The van der Waals surface area contributed by atoms with Gasteiger partial charge in [0.1, 0.15) is 0 Å². The van der Waals surface area contributed by atoms with Crippen LogP contribution in [0.4, 0.5) is 0 Å². The quantitative estimate of drug-likeness (QED) is 0.903. The third-order valence-electron chi connectivity index (χ3n) is 2.04. The molecule has 4 heteroatoms. The molecule has 0 aliphatic rings. The van der Waals surface area contributed by atoms with Crippen LogP contribution >= 0.6 is 38.6 Å². The number of nitrogens with one attached hydrogen (secondary N) is 1. The molecule has 2 rings (SSSR count). The Balaban J connectivity index is 2.31. The Morgan fingerprint density at radius 2 is 2.29 bits per heavy atom. The standard InChI is InChI=1S/C10H10BrNS2/c1-12-10(8-3-2-4-13-8)7-5-9(11)14-6-7/h2-6,10,12H,1H3. The van der Waals surface area contributed by atoms with E-state index in [2.05, 4.69) is 50.2 Å². The molecule has 1 unspecified atom stereocenters. The predicted octanol–water partition coefficient (Wildman–Crippen LogP) is 3.88. The van der Waals surface area contributed by atoms with Gasteiger partial charge in [0.2, 0.25) is 0 Å². The molecule has 0 aromatic carbocycles. The molecule has 0 saturated heterocycles. The van der Waals surface area contributed by atoms with E-state index in [1.54, 1.807) is 22.7 Å². The summed E-state index contributed by atoms with van der Waals surface area (Å²) in [5, 5.41) is 7.63. The van der Waals surface area contributed by atoms with Gasteiger partial charge in [-0.2, -0.15) is 0 Å². The number of hydrogen-bond donors (Lipinski definition) is 1. The normalized spacial score (nSPS) is 13.0. The number of rotatable bonds is 3. The Bertz CT molecular complexity index is 394. The van der Waals surface area contributed by atoms with E-state index in [0.29, 0.717) is 6.04 Å². The van der Waals surface area contributed by atoms with E-state index in [-0.39, 0.29) is 0 Å². The minimum atomic E-state index is 0.331. The number of hydrogen-bond acceptors (Lipinski definition) is 3. The van der Waals surface area contributed by atoms with Crippen molar-refractivity contribution >= 4 is 38.6 Å². The molecule has 0 fully saturated rings. The summed E-state index contributed by atoms with van der Waals surface area (Å²) < 4.78 is 1.18. The van der Waals surface area contributed by atoms with Gasteiger partial charge >= 0.3 is 0 Å². The van der Waals surface area contributed by atoms with Crippen molar-refractivity contribution < 1.29 is 0 Å². The highest BCUT2D eigenvalue weighted by molar-refractivity contribution is 9.11. The Hall–Kier alpha value is -0.160. The highest BCUT2D eigenvalue weighted by Gasteiger charge is 2.13. The van der Waals surface area contributed by atoms with Crippen molar-refractivity contribution in [3.8, 4) is 0 Å². The van der Waals surface area contributed by atoms with Crippen molar-refractivity contribution in [1.82, 2.24) is 5.32 Å². The fourth-order valence-corrected chi connectivity index (χ4v) is 3.47. The average Bonchev–Trinajstić information content (AvgIpc) is 2.79. The molecule has 1 N–H and O–H groups in total. The summed E-state index contributed by atoms with van der Waals surface area (Å²) in [4.78, 5) is 1.36. The van der Waals surface area contributed by atoms with E-state index in [0.717, 1.165) is 0 Å². The number of halogens is 1. The Morgan fingerprint density at radius 3 is 2.79 bits per heavy atom. The van der Waals surface area contributed by atoms with E-state index < -0.39 is 0 Å². The monoisotopic (exact) mass is 287 g/mol. The minimum Gasteiger partial charge on any atom is -0.309 e. The van der Waals surface area contributed by atoms with Crippen LogP contribution in [0.15, 0.2) is 32.7 Å². The second-order valence-electron chi connectivity index (χ2n) is 2.92. The summed E-state index contributed by atoms with van der Waals surface area (Å²) in [7, 11) is 2.00. The van der Waals surface area contributed by atoms with Gasteiger partial charge in [0, 0.05) is 4.88 Å². The molecule has 0 aliphatic carbocycles. The summed E-state index contributed by atoms with van der Waals surface area (Å²) in [6.07, 6.45) is 0. The summed E-state index contributed by atoms with van der Waals surface area (Å²) in [6, 6.07) is 6.76. The van der Waals surface area contributed by atoms with Crippen molar-refractivity contribution in [2.75, 3.05) is 7.05 Å². The summed E-state index contributed by atoms with van der Waals surface area (Å²) in [5.74, 6) is 0. The maximum absolute atomic E-state index is 3.49. The topological polar surface area (TPSA) is 12.0 Å². The molecule has 1 nitrogen and oxygen atoms in total. The lowest BCUT2D eigenvalue weighted by atomic mass is 10.1. The first kappa shape index (κ1) is 10.4. The van der Waals surface area contributed by atoms with Crippen molar-refractivity contribution in [3.05, 3.63) is 43.2 Å². The van der Waals surface area contributed by atoms with E-state index in [1.807, 2.05) is 7.05 Å². The molecule has 0 aliphatic heterocycles. The highest BCUT2D eigenvalue weighted by atomic mass is 79.9. The molecule has 74 valence electrons. The van der Waals surface area contributed by atoms with Gasteiger partial charge in [0.05, 0.1) is 9.83 Å². The second kappa shape index (κ2) is 4.57. The SMILES string of the molecule is CNC(c1csc(Br)c1)c1cccs1. The van der Waals surface area contributed by atoms with Crippen LogP contribution in [0, 0.1) is 0 Å². The maximum Gasteiger partial charge on any atom is 0.0701 e. The van der Waals surface area contributed by atoms with Crippen LogP contribution in [0.25, 0.3) is 0 Å². The summed E-state index contributed by atoms with van der Waals surface area (Å²) >= 11 is 7.00. The largest absolute Gasteiger partial charge is 0.309 e. The average molecular weight is 288 g/mol. The Labute approximate surface area is 99.9 Å². The van der Waals surface area contributed by atoms with Crippen molar-refractivity contribution in [1.29, 1.82) is 0 Å². The molecule has 0 bridgehead atoms. The minimum absolute atomic E-state index is 0.331. The van der Waals surface area contributed by atoms with Gasteiger partial charge in [0.15, 0.2) is 0 Å². The smallest absolute Gasteiger partial charge is 0.0701 e. The van der Waals surface area contributed by atoms with Crippen molar-refractivity contribution in [3.63, 3.8) is 0 Å². The molecule has 2 heterocycles. The molecule has 0 saturated carbocycles. The lowest BCUT2D eigenvalue weighted by Gasteiger charge is -2.12. The Morgan fingerprint density at radius 1 is 1.43 bits per heavy atom. The van der Waals surface area contributed by atoms with Gasteiger partial charge < -0.3 is 5.32 Å². The van der Waals surface area contributed by atoms with Gasteiger partial charge in [-0.05, 0) is 51.4 Å². The second-order valence-corrected chi connectivity index (χ2v) is 6.19. The molecule has 0 spiro atoms. The van der Waals surface area contributed by atoms with E-state index in [1.165, 1.54) is 14.2 Å². The molecule has 2 aromatic heterocycles. The molecule has 14 heavy (non-hydrogen) atoms. The van der Waals surface area contributed by atoms with E-state index in [9.17, 15) is 0 Å². The molecular formula is C10H10BrNS2. The third-order valence-corrected chi connectivity index (χ3v) is 4.50. The van der Waals surface area contributed by atoms with Gasteiger partial charge in [0.25, 0.3) is 0 Å². The number of thiophene rings is 2. The molecule has 2 aromatic rings. The fourth-order valence-electron chi connectivity index (χ4n) is 1.40. The lowest BCUT2D eigenvalue weighted by Crippen LogP contribution is -2.15. The fraction of sp³-hybridized carbons (Fsp3) is 0.200. The van der Waals surface area contributed by atoms with Crippen LogP contribution in [0.2, 0.25) is 0 Å². The van der Waals surface area contributed by atoms with Crippen molar-refractivity contribution in [2.45, 2.75) is 6.04 Å². The first-order chi connectivity index (χ1) is 6.81. The van der Waals surface area contributed by atoms with Gasteiger partial charge in [-0.3, -0.25) is 0 Å². The zero-order chi connectivity index (χ0) is 9.97. The van der Waals surface area contributed by atoms with E-state index in [4.69, 9.17) is 0 Å². The van der Waals surface area contributed by atoms with Crippen LogP contribution in [0.5, 0.6) is 0 Å². The van der Waals surface area contributed by atoms with Gasteiger partial charge in [-0.1, -0.05) is 6.07 Å². The summed E-state index contributed by atoms with van der Waals surface area (Å²) in [6.45, 7) is 0. The molecule has 1 atom stereocenters. The van der Waals surface area contributed by atoms with Crippen LogP contribution in [-0.2, 0) is 0 Å². The first-order valence-electron chi connectivity index (χ1n) is 4.26. The highest BCUT2D eigenvalue weighted by Crippen LogP contribution is 2.30. The van der Waals surface area contributed by atoms with Crippen LogP contribution in [0.1, 0.15) is 16.5 Å². The van der Waals surface area contributed by atoms with Crippen molar-refractivity contribution in [2.24, 2.45) is 0 Å². The first-order valence-corrected chi connectivity index (χ1v) is 6.81. The molecule has 0 amide bonds. The zero-order valence-electron chi connectivity index (χ0n) is 7.66. The molecular weight excluding hydrogens is 278 g/mol. The van der Waals surface area contributed by atoms with Crippen LogP contribution in [-0.4, -0.2) is 7.05 Å². The predicted molar refractivity (Wildman–Crippen MR) is 67.2 cm³/mol.